The molecule has 0 spiro atoms. The Labute approximate surface area is 326 Å². The van der Waals surface area contributed by atoms with Crippen LogP contribution >= 0.6 is 0 Å². The number of hydrogen-bond donors (Lipinski definition) is 1. The van der Waals surface area contributed by atoms with Crippen LogP contribution in [0, 0.1) is 0 Å². The van der Waals surface area contributed by atoms with Crippen molar-refractivity contribution in [3.63, 3.8) is 0 Å². The molecule has 1 aromatic heterocycles. The largest absolute Gasteiger partial charge is 0.325 e. The summed E-state index contributed by atoms with van der Waals surface area (Å²) in [7, 11) is 0. The summed E-state index contributed by atoms with van der Waals surface area (Å²) in [5, 5.41) is 6.27. The Kier molecular flexibility index (Phi) is 7.46. The molecule has 56 heavy (non-hydrogen) atoms. The molecule has 8 aromatic carbocycles. The molecule has 0 bridgehead atoms. The minimum Gasteiger partial charge on any atom is -0.325 e. The van der Waals surface area contributed by atoms with Crippen LogP contribution < -0.4 is 5.32 Å². The van der Waals surface area contributed by atoms with Gasteiger partial charge < -0.3 is 5.32 Å². The van der Waals surface area contributed by atoms with Crippen molar-refractivity contribution in [2.24, 2.45) is 4.99 Å². The summed E-state index contributed by atoms with van der Waals surface area (Å²) < 4.78 is 2.35. The molecule has 3 heteroatoms. The first kappa shape index (κ1) is 32.2. The van der Waals surface area contributed by atoms with Crippen LogP contribution in [-0.4, -0.2) is 10.5 Å². The van der Waals surface area contributed by atoms with Gasteiger partial charge in [-0.25, -0.2) is 4.99 Å². The number of fused-ring (bicyclic) bond motifs is 7. The highest BCUT2D eigenvalue weighted by Gasteiger charge is 2.47. The lowest BCUT2D eigenvalue weighted by molar-refractivity contribution is 0.769. The first-order valence-electron chi connectivity index (χ1n) is 19.3. The lowest BCUT2D eigenvalue weighted by atomic mass is 9.67. The molecular weight excluding hydrogens is 679 g/mol. The van der Waals surface area contributed by atoms with Crippen molar-refractivity contribution in [3.8, 4) is 22.3 Å². The van der Waals surface area contributed by atoms with Gasteiger partial charge in [-0.15, -0.1) is 0 Å². The van der Waals surface area contributed by atoms with Crippen LogP contribution in [0.1, 0.15) is 39.4 Å². The first-order valence-corrected chi connectivity index (χ1v) is 19.3. The molecule has 2 heterocycles. The predicted molar refractivity (Wildman–Crippen MR) is 232 cm³/mol. The van der Waals surface area contributed by atoms with E-state index in [-0.39, 0.29) is 6.04 Å². The maximum absolute atomic E-state index is 5.56. The van der Waals surface area contributed by atoms with Gasteiger partial charge in [-0.2, -0.15) is 0 Å². The quantitative estimate of drug-likeness (QED) is 0.189. The average molecular weight is 716 g/mol. The highest BCUT2D eigenvalue weighted by molar-refractivity contribution is 6.21. The van der Waals surface area contributed by atoms with Crippen molar-refractivity contribution < 1.29 is 0 Å². The van der Waals surface area contributed by atoms with Crippen molar-refractivity contribution in [2.75, 3.05) is 0 Å². The smallest absolute Gasteiger partial charge is 0.208 e. The molecule has 1 unspecified atom stereocenters. The van der Waals surface area contributed by atoms with E-state index in [0.29, 0.717) is 0 Å². The van der Waals surface area contributed by atoms with E-state index in [0.717, 1.165) is 33.8 Å². The Balaban J connectivity index is 1.18. The summed E-state index contributed by atoms with van der Waals surface area (Å²) in [6.45, 7) is 0. The molecule has 1 N–H and O–H groups in total. The van der Waals surface area contributed by atoms with Crippen LogP contribution in [0.15, 0.2) is 217 Å². The van der Waals surface area contributed by atoms with E-state index in [4.69, 9.17) is 4.99 Å². The van der Waals surface area contributed by atoms with E-state index in [1.54, 1.807) is 0 Å². The fourth-order valence-electron chi connectivity index (χ4n) is 9.34. The second kappa shape index (κ2) is 13.0. The van der Waals surface area contributed by atoms with Crippen molar-refractivity contribution in [1.82, 2.24) is 9.88 Å². The van der Waals surface area contributed by atoms with Crippen LogP contribution in [0.3, 0.4) is 0 Å². The Morgan fingerprint density at radius 1 is 0.482 bits per heavy atom. The number of rotatable bonds is 5. The van der Waals surface area contributed by atoms with Crippen LogP contribution in [0.4, 0.5) is 0 Å². The fraction of sp³-hybridized carbons (Fsp3) is 0.0377. The summed E-state index contributed by atoms with van der Waals surface area (Å²) in [5.74, 6) is 0.802. The molecule has 0 saturated carbocycles. The lowest BCUT2D eigenvalue weighted by Gasteiger charge is -2.33. The molecule has 1 aliphatic heterocycles. The van der Waals surface area contributed by atoms with Gasteiger partial charge in [-0.1, -0.05) is 188 Å². The molecule has 1 atom stereocenters. The minimum absolute atomic E-state index is 0.208. The summed E-state index contributed by atoms with van der Waals surface area (Å²) in [4.78, 5) is 5.56. The monoisotopic (exact) mass is 715 g/mol. The highest BCUT2D eigenvalue weighted by Crippen LogP contribution is 2.58. The molecule has 9 aromatic rings. The molecule has 0 amide bonds. The number of hydrogen-bond acceptors (Lipinski definition) is 2. The van der Waals surface area contributed by atoms with Gasteiger partial charge in [0.1, 0.15) is 0 Å². The third kappa shape index (κ3) is 4.87. The van der Waals surface area contributed by atoms with Gasteiger partial charge in [-0.3, -0.25) is 4.57 Å². The maximum atomic E-state index is 5.56. The molecule has 2 aliphatic rings. The van der Waals surface area contributed by atoms with Crippen molar-refractivity contribution in [2.45, 2.75) is 11.5 Å². The Morgan fingerprint density at radius 3 is 1.82 bits per heavy atom. The van der Waals surface area contributed by atoms with E-state index in [2.05, 4.69) is 222 Å². The third-order valence-electron chi connectivity index (χ3n) is 11.7. The van der Waals surface area contributed by atoms with Crippen molar-refractivity contribution >= 4 is 33.5 Å². The molecule has 11 rings (SSSR count). The zero-order valence-corrected chi connectivity index (χ0v) is 30.7. The predicted octanol–water partition coefficient (Wildman–Crippen LogP) is 12.4. The van der Waals surface area contributed by atoms with Crippen LogP contribution in [-0.2, 0) is 5.41 Å². The summed E-state index contributed by atoms with van der Waals surface area (Å²) >= 11 is 0. The van der Waals surface area contributed by atoms with Gasteiger partial charge in [0.2, 0.25) is 5.96 Å². The summed E-state index contributed by atoms with van der Waals surface area (Å²) in [5.41, 5.74) is 15.1. The van der Waals surface area contributed by atoms with Gasteiger partial charge in [0.05, 0.1) is 22.5 Å². The molecule has 1 aliphatic carbocycles. The molecule has 0 saturated heterocycles. The zero-order chi connectivity index (χ0) is 37.1. The fourth-order valence-corrected chi connectivity index (χ4v) is 9.34. The molecule has 0 fully saturated rings. The number of benzene rings is 8. The van der Waals surface area contributed by atoms with E-state index in [1.807, 2.05) is 0 Å². The van der Waals surface area contributed by atoms with Crippen LogP contribution in [0.5, 0.6) is 0 Å². The Hall–Kier alpha value is -7.23. The summed E-state index contributed by atoms with van der Waals surface area (Å²) in [6.07, 6.45) is 2.26. The van der Waals surface area contributed by atoms with E-state index in [1.165, 1.54) is 55.3 Å². The van der Waals surface area contributed by atoms with Crippen LogP contribution in [0.25, 0.3) is 49.8 Å². The number of nitrogens with one attached hydrogen (secondary N) is 1. The van der Waals surface area contributed by atoms with Gasteiger partial charge in [0.25, 0.3) is 0 Å². The maximum Gasteiger partial charge on any atom is 0.208 e. The Bertz CT molecular complexity index is 2940. The minimum atomic E-state index is -0.482. The van der Waals surface area contributed by atoms with E-state index < -0.39 is 5.41 Å². The SMILES string of the molecule is C1=C(c2ccccc2)NC(n2c3ccccc3c3c4c(ccc32)C(c2ccccc2)(c2ccccc2)c2ccccc2-4)=NC1c1cccc(-c2ccccc2)c1. The standard InChI is InChI=1S/C53H37N3/c1-5-18-36(19-6-1)38-22-17-23-39(34-38)47-35-46(37-20-7-2-8-21-37)54-52(55-47)56-48-31-16-14-29-43(48)51-49(56)33-32-45-50(51)42-28-13-15-30-44(42)53(45,40-24-9-3-10-25-40)41-26-11-4-12-27-41/h1-35,47H,(H,54,55). The lowest BCUT2D eigenvalue weighted by Crippen LogP contribution is -2.32. The van der Waals surface area contributed by atoms with E-state index in [9.17, 15) is 0 Å². The summed E-state index contributed by atoms with van der Waals surface area (Å²) in [6, 6.07) is 74.4. The normalized spacial score (nSPS) is 15.5. The first-order chi connectivity index (χ1) is 27.8. The molecule has 0 radical (unpaired) electrons. The zero-order valence-electron chi connectivity index (χ0n) is 30.7. The molecule has 264 valence electrons. The second-order valence-corrected chi connectivity index (χ2v) is 14.7. The molecule has 3 nitrogen and oxygen atoms in total. The van der Waals surface area contributed by atoms with E-state index >= 15 is 0 Å². The van der Waals surface area contributed by atoms with Gasteiger partial charge >= 0.3 is 0 Å². The molecular formula is C53H37N3. The topological polar surface area (TPSA) is 29.3 Å². The van der Waals surface area contributed by atoms with Gasteiger partial charge in [0, 0.05) is 16.5 Å². The Morgan fingerprint density at radius 2 is 1.09 bits per heavy atom. The number of nitrogens with zero attached hydrogens (tertiary/aromatic N) is 2. The van der Waals surface area contributed by atoms with Crippen LogP contribution in [0.2, 0.25) is 0 Å². The third-order valence-corrected chi connectivity index (χ3v) is 11.7. The highest BCUT2D eigenvalue weighted by atomic mass is 15.2. The van der Waals surface area contributed by atoms with Crippen molar-refractivity contribution in [1.29, 1.82) is 0 Å². The van der Waals surface area contributed by atoms with Gasteiger partial charge in [0.15, 0.2) is 0 Å². The van der Waals surface area contributed by atoms with Crippen molar-refractivity contribution in [3.05, 3.63) is 246 Å². The number of aromatic nitrogens is 1. The number of para-hydroxylation sites is 1. The number of aliphatic imine (C=N–C) groups is 1. The second-order valence-electron chi connectivity index (χ2n) is 14.7. The van der Waals surface area contributed by atoms with Gasteiger partial charge in [-0.05, 0) is 79.9 Å². The average Bonchev–Trinajstić information content (AvgIpc) is 3.78.